The van der Waals surface area contributed by atoms with E-state index in [-0.39, 0.29) is 11.7 Å². The monoisotopic (exact) mass is 426 g/mol. The third-order valence-corrected chi connectivity index (χ3v) is 4.91. The second-order valence-corrected chi connectivity index (χ2v) is 6.84. The van der Waals surface area contributed by atoms with Crippen LogP contribution >= 0.6 is 0 Å². The summed E-state index contributed by atoms with van der Waals surface area (Å²) in [5, 5.41) is 14.0. The molecule has 3 N–H and O–H groups in total. The van der Waals surface area contributed by atoms with Gasteiger partial charge in [0.05, 0.1) is 43.5 Å². The molecule has 1 aliphatic rings. The maximum Gasteiger partial charge on any atom is 0.271 e. The van der Waals surface area contributed by atoms with Gasteiger partial charge in [0.15, 0.2) is 11.6 Å². The number of ether oxygens (including phenoxy) is 2. The molecule has 0 aliphatic carbocycles. The summed E-state index contributed by atoms with van der Waals surface area (Å²) in [4.78, 5) is 16.9. The smallest absolute Gasteiger partial charge is 0.271 e. The zero-order valence-corrected chi connectivity index (χ0v) is 17.2. The Kier molecular flexibility index (Phi) is 5.99. The Balaban J connectivity index is 1.84. The van der Waals surface area contributed by atoms with Crippen molar-refractivity contribution in [2.75, 3.05) is 44.5 Å². The number of halogens is 1. The van der Waals surface area contributed by atoms with Gasteiger partial charge in [0.25, 0.3) is 5.91 Å². The second kappa shape index (κ2) is 9.00. The van der Waals surface area contributed by atoms with E-state index in [1.54, 1.807) is 36.3 Å². The topological polar surface area (TPSA) is 102 Å². The Hall–Kier alpha value is -3.66. The number of anilines is 3. The largest absolute Gasteiger partial charge is 0.492 e. The van der Waals surface area contributed by atoms with Crippen LogP contribution in [0.15, 0.2) is 36.7 Å². The molecular formula is C21H23FN6O3. The zero-order chi connectivity index (χ0) is 21.8. The Morgan fingerprint density at radius 3 is 2.94 bits per heavy atom. The van der Waals surface area contributed by atoms with Crippen LogP contribution < -0.4 is 20.7 Å². The molecule has 0 atom stereocenters. The number of nitrogens with one attached hydrogen (secondary N) is 3. The van der Waals surface area contributed by atoms with E-state index in [1.165, 1.54) is 13.2 Å². The summed E-state index contributed by atoms with van der Waals surface area (Å²) >= 11 is 0. The molecule has 0 unspecified atom stereocenters. The van der Waals surface area contributed by atoms with Crippen molar-refractivity contribution in [3.63, 3.8) is 0 Å². The summed E-state index contributed by atoms with van der Waals surface area (Å²) in [5.41, 5.74) is 3.25. The van der Waals surface area contributed by atoms with Crippen molar-refractivity contribution < 1.29 is 18.7 Å². The number of fused-ring (bicyclic) bond motifs is 1. The van der Waals surface area contributed by atoms with E-state index in [2.05, 4.69) is 20.9 Å². The highest BCUT2D eigenvalue weighted by atomic mass is 19.1. The van der Waals surface area contributed by atoms with Gasteiger partial charge in [0.2, 0.25) is 0 Å². The number of benzene rings is 1. The molecule has 3 heterocycles. The average Bonchev–Trinajstić information content (AvgIpc) is 3.14. The lowest BCUT2D eigenvalue weighted by Gasteiger charge is -2.17. The van der Waals surface area contributed by atoms with Crippen molar-refractivity contribution in [2.24, 2.45) is 0 Å². The molecular weight excluding hydrogens is 403 g/mol. The average molecular weight is 426 g/mol. The number of amides is 1. The second-order valence-electron chi connectivity index (χ2n) is 6.84. The van der Waals surface area contributed by atoms with Gasteiger partial charge >= 0.3 is 0 Å². The molecule has 1 amide bonds. The third-order valence-electron chi connectivity index (χ3n) is 4.91. The molecule has 0 saturated heterocycles. The Morgan fingerprint density at radius 1 is 1.26 bits per heavy atom. The van der Waals surface area contributed by atoms with Crippen LogP contribution in [0.1, 0.15) is 10.5 Å². The van der Waals surface area contributed by atoms with E-state index in [0.29, 0.717) is 49.0 Å². The minimum Gasteiger partial charge on any atom is -0.492 e. The van der Waals surface area contributed by atoms with Crippen LogP contribution in [0, 0.1) is 5.82 Å². The third kappa shape index (κ3) is 4.02. The van der Waals surface area contributed by atoms with Crippen LogP contribution in [0.3, 0.4) is 0 Å². The van der Waals surface area contributed by atoms with Crippen LogP contribution in [-0.4, -0.2) is 54.6 Å². The summed E-state index contributed by atoms with van der Waals surface area (Å²) in [6.07, 6.45) is 3.34. The standard InChI is InChI=1S/C21H23FN6O3/c1-30-11-9-24-16-12-23-7-6-13(16)17-18(19-21(29)25-8-10-28(19)27-17)26-15-5-3-4-14(22)20(15)31-2/h3-7,12,24,26H,8-11H2,1-2H3,(H,25,29). The number of para-hydroxylation sites is 1. The fraction of sp³-hybridized carbons (Fsp3) is 0.286. The van der Waals surface area contributed by atoms with Crippen LogP contribution in [0.5, 0.6) is 5.75 Å². The lowest BCUT2D eigenvalue weighted by atomic mass is 10.1. The molecule has 1 aliphatic heterocycles. The van der Waals surface area contributed by atoms with Crippen molar-refractivity contribution in [3.05, 3.63) is 48.2 Å². The van der Waals surface area contributed by atoms with Crippen molar-refractivity contribution in [3.8, 4) is 17.0 Å². The van der Waals surface area contributed by atoms with Gasteiger partial charge in [0, 0.05) is 32.0 Å². The van der Waals surface area contributed by atoms with Crippen LogP contribution in [0.2, 0.25) is 0 Å². The molecule has 0 spiro atoms. The Morgan fingerprint density at radius 2 is 2.13 bits per heavy atom. The van der Waals surface area contributed by atoms with Gasteiger partial charge in [-0.05, 0) is 18.2 Å². The minimum absolute atomic E-state index is 0.0535. The van der Waals surface area contributed by atoms with Crippen molar-refractivity contribution in [1.29, 1.82) is 0 Å². The number of methoxy groups -OCH3 is 2. The van der Waals surface area contributed by atoms with Crippen molar-refractivity contribution in [2.45, 2.75) is 6.54 Å². The molecule has 31 heavy (non-hydrogen) atoms. The van der Waals surface area contributed by atoms with E-state index in [4.69, 9.17) is 14.6 Å². The van der Waals surface area contributed by atoms with E-state index in [9.17, 15) is 9.18 Å². The highest BCUT2D eigenvalue weighted by Crippen LogP contribution is 2.39. The molecule has 0 bridgehead atoms. The van der Waals surface area contributed by atoms with Crippen molar-refractivity contribution >= 4 is 23.0 Å². The van der Waals surface area contributed by atoms with Crippen LogP contribution in [-0.2, 0) is 11.3 Å². The summed E-state index contributed by atoms with van der Waals surface area (Å²) in [5.74, 6) is -0.714. The van der Waals surface area contributed by atoms with Gasteiger partial charge in [-0.2, -0.15) is 5.10 Å². The number of rotatable bonds is 8. The first-order valence-corrected chi connectivity index (χ1v) is 9.79. The first-order valence-electron chi connectivity index (χ1n) is 9.79. The summed E-state index contributed by atoms with van der Waals surface area (Å²) in [6, 6.07) is 6.38. The van der Waals surface area contributed by atoms with E-state index in [0.717, 1.165) is 11.3 Å². The molecule has 0 radical (unpaired) electrons. The lowest BCUT2D eigenvalue weighted by molar-refractivity contribution is 0.0925. The predicted octanol–water partition coefficient (Wildman–Crippen LogP) is 2.64. The Bertz CT molecular complexity index is 1100. The maximum atomic E-state index is 14.3. The zero-order valence-electron chi connectivity index (χ0n) is 17.2. The maximum absolute atomic E-state index is 14.3. The van der Waals surface area contributed by atoms with Crippen LogP contribution in [0.25, 0.3) is 11.3 Å². The van der Waals surface area contributed by atoms with Gasteiger partial charge < -0.3 is 25.4 Å². The van der Waals surface area contributed by atoms with Crippen molar-refractivity contribution in [1.82, 2.24) is 20.1 Å². The fourth-order valence-corrected chi connectivity index (χ4v) is 3.50. The number of hydrogen-bond donors (Lipinski definition) is 3. The molecule has 0 fully saturated rings. The fourth-order valence-electron chi connectivity index (χ4n) is 3.50. The predicted molar refractivity (Wildman–Crippen MR) is 114 cm³/mol. The summed E-state index contributed by atoms with van der Waals surface area (Å²) in [6.45, 7) is 2.09. The Labute approximate surface area is 178 Å². The number of carbonyl (C=O) groups is 1. The summed E-state index contributed by atoms with van der Waals surface area (Å²) < 4.78 is 26.3. The number of hydrogen-bond acceptors (Lipinski definition) is 7. The molecule has 10 heteroatoms. The summed E-state index contributed by atoms with van der Waals surface area (Å²) in [7, 11) is 3.02. The molecule has 2 aromatic heterocycles. The quantitative estimate of drug-likeness (QED) is 0.476. The van der Waals surface area contributed by atoms with Gasteiger partial charge in [-0.3, -0.25) is 14.5 Å². The van der Waals surface area contributed by atoms with E-state index < -0.39 is 5.82 Å². The number of pyridine rings is 1. The molecule has 3 aromatic rings. The molecule has 4 rings (SSSR count). The molecule has 0 saturated carbocycles. The normalized spacial score (nSPS) is 12.8. The SMILES string of the molecule is COCCNc1cnccc1-c1nn2c(c1Nc1cccc(F)c1OC)C(=O)NCC2. The van der Waals surface area contributed by atoms with Gasteiger partial charge in [0.1, 0.15) is 11.4 Å². The highest BCUT2D eigenvalue weighted by Gasteiger charge is 2.29. The van der Waals surface area contributed by atoms with E-state index in [1.807, 2.05) is 6.07 Å². The highest BCUT2D eigenvalue weighted by molar-refractivity contribution is 6.03. The van der Waals surface area contributed by atoms with Gasteiger partial charge in [-0.25, -0.2) is 4.39 Å². The lowest BCUT2D eigenvalue weighted by Crippen LogP contribution is -2.35. The molecule has 162 valence electrons. The number of aromatic nitrogens is 3. The van der Waals surface area contributed by atoms with Gasteiger partial charge in [-0.15, -0.1) is 0 Å². The molecule has 9 nitrogen and oxygen atoms in total. The number of carbonyl (C=O) groups excluding carboxylic acids is 1. The van der Waals surface area contributed by atoms with Gasteiger partial charge in [-0.1, -0.05) is 6.07 Å². The minimum atomic E-state index is -0.509. The van der Waals surface area contributed by atoms with Crippen LogP contribution in [0.4, 0.5) is 21.5 Å². The first-order chi connectivity index (χ1) is 15.1. The van der Waals surface area contributed by atoms with E-state index >= 15 is 0 Å². The molecule has 1 aromatic carbocycles. The first kappa shape index (κ1) is 20.6. The number of nitrogens with zero attached hydrogens (tertiary/aromatic N) is 3.